The summed E-state index contributed by atoms with van der Waals surface area (Å²) in [4.78, 5) is 4.55. The van der Waals surface area contributed by atoms with Crippen molar-refractivity contribution >= 4 is 0 Å². The van der Waals surface area contributed by atoms with Crippen LogP contribution in [0.25, 0.3) is 28.1 Å². The van der Waals surface area contributed by atoms with Crippen molar-refractivity contribution in [2.45, 2.75) is 0 Å². The van der Waals surface area contributed by atoms with Crippen LogP contribution in [0.15, 0.2) is 91.4 Å². The van der Waals surface area contributed by atoms with Crippen molar-refractivity contribution in [2.24, 2.45) is 0 Å². The molecule has 3 aromatic carbocycles. The molecule has 1 aromatic heterocycles. The van der Waals surface area contributed by atoms with Crippen LogP contribution < -0.4 is 4.74 Å². The first-order valence-electron chi connectivity index (χ1n) is 8.18. The molecule has 0 radical (unpaired) electrons. The highest BCUT2D eigenvalue weighted by Crippen LogP contribution is 2.25. The van der Waals surface area contributed by atoms with E-state index in [9.17, 15) is 0 Å². The summed E-state index contributed by atoms with van der Waals surface area (Å²) < 4.78 is 7.34. The molecule has 0 spiro atoms. The summed E-state index contributed by atoms with van der Waals surface area (Å²) >= 11 is 0. The molecule has 0 N–H and O–H groups in total. The van der Waals surface area contributed by atoms with E-state index in [4.69, 9.17) is 4.74 Å². The summed E-state index contributed by atoms with van der Waals surface area (Å²) in [5, 5.41) is 0. The molecule has 4 rings (SSSR count). The number of aromatic nitrogens is 2. The van der Waals surface area contributed by atoms with E-state index in [1.807, 2.05) is 47.4 Å². The molecule has 0 fully saturated rings. The summed E-state index contributed by atoms with van der Waals surface area (Å²) in [6, 6.07) is 26.8. The fraction of sp³-hybridized carbons (Fsp3) is 0.0455. The average Bonchev–Trinajstić information content (AvgIpc) is 3.19. The van der Waals surface area contributed by atoms with E-state index >= 15 is 0 Å². The molecule has 0 atom stereocenters. The van der Waals surface area contributed by atoms with Crippen molar-refractivity contribution in [3.63, 3.8) is 0 Å². The number of benzene rings is 3. The molecule has 4 aromatic rings. The summed E-state index contributed by atoms with van der Waals surface area (Å²) in [5.74, 6) is 0.832. The molecular weight excluding hydrogens is 308 g/mol. The van der Waals surface area contributed by atoms with Gasteiger partial charge in [-0.05, 0) is 35.4 Å². The van der Waals surface area contributed by atoms with E-state index in [-0.39, 0.29) is 0 Å². The van der Waals surface area contributed by atoms with Gasteiger partial charge in [-0.3, -0.25) is 0 Å². The van der Waals surface area contributed by atoms with Gasteiger partial charge in [0.2, 0.25) is 0 Å². The van der Waals surface area contributed by atoms with Crippen LogP contribution in [0.5, 0.6) is 5.75 Å². The van der Waals surface area contributed by atoms with Crippen LogP contribution in [0.3, 0.4) is 0 Å². The highest BCUT2D eigenvalue weighted by atomic mass is 16.5. The molecule has 0 unspecified atom stereocenters. The minimum atomic E-state index is 0.832. The van der Waals surface area contributed by atoms with Crippen LogP contribution in [0.4, 0.5) is 0 Å². The van der Waals surface area contributed by atoms with E-state index in [2.05, 4.69) is 53.5 Å². The minimum absolute atomic E-state index is 0.832. The van der Waals surface area contributed by atoms with Gasteiger partial charge in [0.05, 0.1) is 19.1 Å². The maximum absolute atomic E-state index is 5.30. The van der Waals surface area contributed by atoms with Crippen LogP contribution in [0.1, 0.15) is 0 Å². The van der Waals surface area contributed by atoms with Crippen molar-refractivity contribution in [1.82, 2.24) is 9.55 Å². The first kappa shape index (κ1) is 15.2. The van der Waals surface area contributed by atoms with E-state index in [1.54, 1.807) is 7.11 Å². The fourth-order valence-electron chi connectivity index (χ4n) is 2.87. The lowest BCUT2D eigenvalue weighted by atomic mass is 10.1. The quantitative estimate of drug-likeness (QED) is 0.514. The van der Waals surface area contributed by atoms with Gasteiger partial charge in [-0.2, -0.15) is 0 Å². The highest BCUT2D eigenvalue weighted by Gasteiger charge is 2.06. The molecule has 0 amide bonds. The third-order valence-electron chi connectivity index (χ3n) is 4.20. The van der Waals surface area contributed by atoms with Crippen molar-refractivity contribution in [3.05, 3.63) is 91.4 Å². The molecule has 0 aliphatic carbocycles. The monoisotopic (exact) mass is 326 g/mol. The smallest absolute Gasteiger partial charge is 0.119 e. The van der Waals surface area contributed by atoms with Gasteiger partial charge >= 0.3 is 0 Å². The third kappa shape index (κ3) is 3.17. The molecule has 3 heteroatoms. The Morgan fingerprint density at radius 3 is 2.36 bits per heavy atom. The number of ether oxygens (including phenoxy) is 1. The molecule has 0 bridgehead atoms. The van der Waals surface area contributed by atoms with Crippen LogP contribution in [0.2, 0.25) is 0 Å². The van der Waals surface area contributed by atoms with Gasteiger partial charge < -0.3 is 9.30 Å². The maximum Gasteiger partial charge on any atom is 0.119 e. The maximum atomic E-state index is 5.30. The van der Waals surface area contributed by atoms with E-state index in [0.717, 1.165) is 22.7 Å². The van der Waals surface area contributed by atoms with E-state index in [0.29, 0.717) is 0 Å². The normalized spacial score (nSPS) is 10.6. The van der Waals surface area contributed by atoms with Gasteiger partial charge in [0.25, 0.3) is 0 Å². The average molecular weight is 326 g/mol. The largest absolute Gasteiger partial charge is 0.497 e. The molecule has 0 aliphatic heterocycles. The fourth-order valence-corrected chi connectivity index (χ4v) is 2.87. The second-order valence-electron chi connectivity index (χ2n) is 5.81. The lowest BCUT2D eigenvalue weighted by Crippen LogP contribution is -1.90. The number of methoxy groups -OCH3 is 1. The summed E-state index contributed by atoms with van der Waals surface area (Å²) in [6.45, 7) is 0. The molecule has 122 valence electrons. The zero-order chi connectivity index (χ0) is 17.1. The van der Waals surface area contributed by atoms with Gasteiger partial charge in [-0.15, -0.1) is 0 Å². The van der Waals surface area contributed by atoms with Crippen LogP contribution in [-0.4, -0.2) is 16.7 Å². The number of rotatable bonds is 4. The molecule has 1 heterocycles. The Morgan fingerprint density at radius 1 is 0.760 bits per heavy atom. The predicted octanol–water partition coefficient (Wildman–Crippen LogP) is 5.21. The van der Waals surface area contributed by atoms with Crippen molar-refractivity contribution in [2.75, 3.05) is 7.11 Å². The summed E-state index contributed by atoms with van der Waals surface area (Å²) in [7, 11) is 1.67. The first-order valence-corrected chi connectivity index (χ1v) is 8.18. The molecule has 0 saturated carbocycles. The zero-order valence-corrected chi connectivity index (χ0v) is 14.0. The minimum Gasteiger partial charge on any atom is -0.497 e. The molecule has 0 aliphatic rings. The number of hydrogen-bond donors (Lipinski definition) is 0. The standard InChI is InChI=1S/C22H18N2O/c1-25-21-12-6-10-19(14-21)22-15-24(16-23-22)20-11-5-9-18(13-20)17-7-3-2-4-8-17/h2-16H,1H3. The second kappa shape index (κ2) is 6.65. The lowest BCUT2D eigenvalue weighted by Gasteiger charge is -2.06. The Balaban J connectivity index is 1.68. The van der Waals surface area contributed by atoms with Gasteiger partial charge in [-0.1, -0.05) is 54.6 Å². The topological polar surface area (TPSA) is 27.1 Å². The number of hydrogen-bond acceptors (Lipinski definition) is 2. The lowest BCUT2D eigenvalue weighted by molar-refractivity contribution is 0.415. The Hall–Kier alpha value is -3.33. The van der Waals surface area contributed by atoms with Gasteiger partial charge in [-0.25, -0.2) is 4.98 Å². The van der Waals surface area contributed by atoms with E-state index in [1.165, 1.54) is 11.1 Å². The van der Waals surface area contributed by atoms with Crippen LogP contribution in [0, 0.1) is 0 Å². The van der Waals surface area contributed by atoms with Crippen molar-refractivity contribution in [3.8, 4) is 33.8 Å². The van der Waals surface area contributed by atoms with Crippen molar-refractivity contribution < 1.29 is 4.74 Å². The summed E-state index contributed by atoms with van der Waals surface area (Å²) in [6.07, 6.45) is 3.89. The highest BCUT2D eigenvalue weighted by molar-refractivity contribution is 5.66. The Labute approximate surface area is 147 Å². The second-order valence-corrected chi connectivity index (χ2v) is 5.81. The first-order chi connectivity index (χ1) is 12.3. The molecule has 3 nitrogen and oxygen atoms in total. The Morgan fingerprint density at radius 2 is 1.52 bits per heavy atom. The molecule has 0 saturated heterocycles. The van der Waals surface area contributed by atoms with Gasteiger partial charge in [0.15, 0.2) is 0 Å². The summed E-state index contributed by atoms with van der Waals surface area (Å²) in [5.41, 5.74) is 5.44. The molecular formula is C22H18N2O. The third-order valence-corrected chi connectivity index (χ3v) is 4.20. The van der Waals surface area contributed by atoms with E-state index < -0.39 is 0 Å². The van der Waals surface area contributed by atoms with Crippen LogP contribution in [-0.2, 0) is 0 Å². The zero-order valence-electron chi connectivity index (χ0n) is 14.0. The van der Waals surface area contributed by atoms with Crippen molar-refractivity contribution in [1.29, 1.82) is 0 Å². The Kier molecular flexibility index (Phi) is 4.05. The predicted molar refractivity (Wildman–Crippen MR) is 101 cm³/mol. The molecule has 25 heavy (non-hydrogen) atoms. The number of imidazole rings is 1. The van der Waals surface area contributed by atoms with Crippen LogP contribution >= 0.6 is 0 Å². The number of nitrogens with zero attached hydrogens (tertiary/aromatic N) is 2. The van der Waals surface area contributed by atoms with Gasteiger partial charge in [0.1, 0.15) is 5.75 Å². The SMILES string of the molecule is COc1cccc(-c2cn(-c3cccc(-c4ccccc4)c3)cn2)c1. The van der Waals surface area contributed by atoms with Gasteiger partial charge in [0, 0.05) is 17.4 Å². The Bertz CT molecular complexity index is 990.